The lowest BCUT2D eigenvalue weighted by Crippen LogP contribution is -2.34. The van der Waals surface area contributed by atoms with Crippen LogP contribution in [-0.4, -0.2) is 6.04 Å². The SMILES string of the molecule is CCCC1CCC(N)C(c2cscc2Br)C1. The van der Waals surface area contributed by atoms with Crippen molar-refractivity contribution in [1.82, 2.24) is 0 Å². The van der Waals surface area contributed by atoms with E-state index < -0.39 is 0 Å². The van der Waals surface area contributed by atoms with Crippen molar-refractivity contribution < 1.29 is 0 Å². The van der Waals surface area contributed by atoms with Crippen molar-refractivity contribution >= 4 is 27.3 Å². The average Bonchev–Trinajstić information content (AvgIpc) is 2.68. The van der Waals surface area contributed by atoms with Gasteiger partial charge in [-0.3, -0.25) is 0 Å². The molecule has 0 aromatic carbocycles. The maximum absolute atomic E-state index is 6.28. The Hall–Kier alpha value is 0.140. The summed E-state index contributed by atoms with van der Waals surface area (Å²) in [6, 6.07) is 0.360. The molecule has 1 aromatic rings. The number of rotatable bonds is 3. The summed E-state index contributed by atoms with van der Waals surface area (Å²) >= 11 is 5.42. The molecular weight excluding hydrogens is 282 g/mol. The molecule has 16 heavy (non-hydrogen) atoms. The van der Waals surface area contributed by atoms with Crippen molar-refractivity contribution in [1.29, 1.82) is 0 Å². The van der Waals surface area contributed by atoms with Crippen LogP contribution < -0.4 is 5.73 Å². The second-order valence-electron chi connectivity index (χ2n) is 4.91. The smallest absolute Gasteiger partial charge is 0.0317 e. The standard InChI is InChI=1S/C13H20BrNS/c1-2-3-9-4-5-13(15)10(6-9)11-7-16-8-12(11)14/h7-10,13H,2-6,15H2,1H3. The molecule has 3 atom stereocenters. The highest BCUT2D eigenvalue weighted by atomic mass is 79.9. The van der Waals surface area contributed by atoms with Crippen molar-refractivity contribution in [3.63, 3.8) is 0 Å². The van der Waals surface area contributed by atoms with E-state index >= 15 is 0 Å². The Morgan fingerprint density at radius 2 is 2.25 bits per heavy atom. The minimum Gasteiger partial charge on any atom is -0.327 e. The highest BCUT2D eigenvalue weighted by Gasteiger charge is 2.30. The van der Waals surface area contributed by atoms with Crippen molar-refractivity contribution in [2.45, 2.75) is 51.0 Å². The third-order valence-corrected chi connectivity index (χ3v) is 5.50. The van der Waals surface area contributed by atoms with Crippen molar-refractivity contribution in [3.05, 3.63) is 20.8 Å². The van der Waals surface area contributed by atoms with Crippen LogP contribution in [0.5, 0.6) is 0 Å². The predicted octanol–water partition coefficient (Wildman–Crippen LogP) is 4.52. The molecule has 2 N–H and O–H groups in total. The topological polar surface area (TPSA) is 26.0 Å². The monoisotopic (exact) mass is 301 g/mol. The first-order valence-electron chi connectivity index (χ1n) is 6.19. The summed E-state index contributed by atoms with van der Waals surface area (Å²) < 4.78 is 1.26. The molecule has 0 amide bonds. The van der Waals surface area contributed by atoms with Gasteiger partial charge in [-0.05, 0) is 52.1 Å². The Bertz CT molecular complexity index is 336. The van der Waals surface area contributed by atoms with Gasteiger partial charge in [-0.25, -0.2) is 0 Å². The Balaban J connectivity index is 2.10. The van der Waals surface area contributed by atoms with Crippen LogP contribution in [0.1, 0.15) is 50.5 Å². The largest absolute Gasteiger partial charge is 0.327 e. The van der Waals surface area contributed by atoms with Crippen LogP contribution in [0.25, 0.3) is 0 Å². The summed E-state index contributed by atoms with van der Waals surface area (Å²) in [6.07, 6.45) is 6.47. The minimum atomic E-state index is 0.360. The zero-order valence-electron chi connectivity index (χ0n) is 9.79. The van der Waals surface area contributed by atoms with Gasteiger partial charge in [0.25, 0.3) is 0 Å². The number of nitrogens with two attached hydrogens (primary N) is 1. The van der Waals surface area contributed by atoms with E-state index in [1.807, 2.05) is 0 Å². The summed E-state index contributed by atoms with van der Waals surface area (Å²) in [5.74, 6) is 1.47. The van der Waals surface area contributed by atoms with Gasteiger partial charge in [0.2, 0.25) is 0 Å². The molecule has 1 fully saturated rings. The molecule has 3 unspecified atom stereocenters. The summed E-state index contributed by atoms with van der Waals surface area (Å²) in [5.41, 5.74) is 7.72. The second kappa shape index (κ2) is 5.65. The van der Waals surface area contributed by atoms with Gasteiger partial charge in [-0.2, -0.15) is 11.3 Å². The Morgan fingerprint density at radius 1 is 1.44 bits per heavy atom. The van der Waals surface area contributed by atoms with E-state index in [0.717, 1.165) is 5.92 Å². The van der Waals surface area contributed by atoms with E-state index in [1.165, 1.54) is 42.1 Å². The Morgan fingerprint density at radius 3 is 2.88 bits per heavy atom. The van der Waals surface area contributed by atoms with Gasteiger partial charge in [0.05, 0.1) is 0 Å². The fourth-order valence-electron chi connectivity index (χ4n) is 2.87. The van der Waals surface area contributed by atoms with E-state index in [2.05, 4.69) is 33.6 Å². The molecule has 1 nitrogen and oxygen atoms in total. The van der Waals surface area contributed by atoms with Gasteiger partial charge in [-0.15, -0.1) is 0 Å². The van der Waals surface area contributed by atoms with Crippen LogP contribution >= 0.6 is 27.3 Å². The van der Waals surface area contributed by atoms with Crippen LogP contribution in [0.15, 0.2) is 15.2 Å². The summed E-state index contributed by atoms with van der Waals surface area (Å²) in [6.45, 7) is 2.28. The zero-order chi connectivity index (χ0) is 11.5. The minimum absolute atomic E-state index is 0.360. The quantitative estimate of drug-likeness (QED) is 0.872. The third kappa shape index (κ3) is 2.69. The van der Waals surface area contributed by atoms with Crippen molar-refractivity contribution in [2.24, 2.45) is 11.7 Å². The van der Waals surface area contributed by atoms with E-state index in [-0.39, 0.29) is 0 Å². The maximum atomic E-state index is 6.28. The van der Waals surface area contributed by atoms with E-state index in [0.29, 0.717) is 12.0 Å². The van der Waals surface area contributed by atoms with Crippen molar-refractivity contribution in [3.8, 4) is 0 Å². The molecule has 90 valence electrons. The average molecular weight is 302 g/mol. The molecule has 1 aliphatic rings. The molecule has 1 saturated carbocycles. The summed E-state index contributed by atoms with van der Waals surface area (Å²) in [7, 11) is 0. The molecule has 2 rings (SSSR count). The second-order valence-corrected chi connectivity index (χ2v) is 6.51. The molecule has 0 spiro atoms. The van der Waals surface area contributed by atoms with Crippen LogP contribution in [-0.2, 0) is 0 Å². The molecule has 0 radical (unpaired) electrons. The van der Waals surface area contributed by atoms with Gasteiger partial charge in [0, 0.05) is 21.8 Å². The fraction of sp³-hybridized carbons (Fsp3) is 0.692. The van der Waals surface area contributed by atoms with Gasteiger partial charge in [0.1, 0.15) is 0 Å². The third-order valence-electron chi connectivity index (χ3n) is 3.75. The van der Waals surface area contributed by atoms with E-state index in [9.17, 15) is 0 Å². The molecular formula is C13H20BrNS. The number of thiophene rings is 1. The Labute approximate surface area is 111 Å². The van der Waals surface area contributed by atoms with Crippen LogP contribution in [0, 0.1) is 5.92 Å². The van der Waals surface area contributed by atoms with Gasteiger partial charge in [-0.1, -0.05) is 19.8 Å². The molecule has 3 heteroatoms. The normalized spacial score (nSPS) is 30.6. The zero-order valence-corrected chi connectivity index (χ0v) is 12.2. The first-order valence-corrected chi connectivity index (χ1v) is 7.93. The lowest BCUT2D eigenvalue weighted by molar-refractivity contribution is 0.274. The first-order chi connectivity index (χ1) is 7.72. The van der Waals surface area contributed by atoms with Crippen LogP contribution in [0.3, 0.4) is 0 Å². The molecule has 0 aliphatic heterocycles. The van der Waals surface area contributed by atoms with Gasteiger partial charge < -0.3 is 5.73 Å². The summed E-state index contributed by atoms with van der Waals surface area (Å²) in [5, 5.41) is 4.44. The highest BCUT2D eigenvalue weighted by molar-refractivity contribution is 9.10. The molecule has 1 aromatic heterocycles. The van der Waals surface area contributed by atoms with E-state index in [1.54, 1.807) is 11.3 Å². The molecule has 0 bridgehead atoms. The van der Waals surface area contributed by atoms with Crippen molar-refractivity contribution in [2.75, 3.05) is 0 Å². The predicted molar refractivity (Wildman–Crippen MR) is 75.0 cm³/mol. The Kier molecular flexibility index (Phi) is 4.45. The number of halogens is 1. The fourth-order valence-corrected chi connectivity index (χ4v) is 4.52. The number of hydrogen-bond donors (Lipinski definition) is 1. The van der Waals surface area contributed by atoms with Gasteiger partial charge >= 0.3 is 0 Å². The number of hydrogen-bond acceptors (Lipinski definition) is 2. The van der Waals surface area contributed by atoms with Crippen LogP contribution in [0.4, 0.5) is 0 Å². The highest BCUT2D eigenvalue weighted by Crippen LogP contribution is 2.41. The van der Waals surface area contributed by atoms with Crippen LogP contribution in [0.2, 0.25) is 0 Å². The molecule has 1 heterocycles. The van der Waals surface area contributed by atoms with Gasteiger partial charge in [0.15, 0.2) is 0 Å². The van der Waals surface area contributed by atoms with E-state index in [4.69, 9.17) is 5.73 Å². The molecule has 0 saturated heterocycles. The first kappa shape index (κ1) is 12.6. The maximum Gasteiger partial charge on any atom is 0.0317 e. The lowest BCUT2D eigenvalue weighted by atomic mass is 9.74. The lowest BCUT2D eigenvalue weighted by Gasteiger charge is -2.34. The summed E-state index contributed by atoms with van der Waals surface area (Å²) in [4.78, 5) is 0. The molecule has 1 aliphatic carbocycles.